The van der Waals surface area contributed by atoms with E-state index in [1.54, 1.807) is 6.07 Å². The summed E-state index contributed by atoms with van der Waals surface area (Å²) in [5, 5.41) is 10.4. The van der Waals surface area contributed by atoms with Crippen molar-refractivity contribution in [2.45, 2.75) is 44.2 Å². The molecule has 1 saturated carbocycles. The van der Waals surface area contributed by atoms with Gasteiger partial charge in [0.1, 0.15) is 11.6 Å². The number of nitrogens with zero attached hydrogens (tertiary/aromatic N) is 3. The predicted octanol–water partition coefficient (Wildman–Crippen LogP) is 2.17. The number of nitrogens with one attached hydrogen (secondary N) is 1. The van der Waals surface area contributed by atoms with E-state index in [-0.39, 0.29) is 11.9 Å². The lowest BCUT2D eigenvalue weighted by Gasteiger charge is -2.28. The van der Waals surface area contributed by atoms with Crippen LogP contribution in [0.3, 0.4) is 0 Å². The van der Waals surface area contributed by atoms with E-state index in [4.69, 9.17) is 0 Å². The van der Waals surface area contributed by atoms with Crippen molar-refractivity contribution in [2.75, 3.05) is 32.7 Å². The molecule has 1 unspecified atom stereocenters. The van der Waals surface area contributed by atoms with Gasteiger partial charge in [-0.05, 0) is 31.0 Å². The molecule has 1 aliphatic carbocycles. The minimum atomic E-state index is -0.284. The van der Waals surface area contributed by atoms with Gasteiger partial charge in [0.25, 0.3) is 0 Å². The summed E-state index contributed by atoms with van der Waals surface area (Å²) >= 11 is 0. The van der Waals surface area contributed by atoms with Crippen molar-refractivity contribution >= 4 is 11.0 Å². The normalized spacial score (nSPS) is 24.2. The van der Waals surface area contributed by atoms with E-state index in [0.717, 1.165) is 56.0 Å². The molecule has 2 fully saturated rings. The third-order valence-corrected chi connectivity index (χ3v) is 5.62. The molecule has 2 aliphatic rings. The van der Waals surface area contributed by atoms with Crippen molar-refractivity contribution in [3.8, 4) is 0 Å². The van der Waals surface area contributed by atoms with Crippen LogP contribution >= 0.6 is 0 Å². The highest BCUT2D eigenvalue weighted by Crippen LogP contribution is 2.24. The molecule has 0 amide bonds. The highest BCUT2D eigenvalue weighted by Gasteiger charge is 2.28. The van der Waals surface area contributed by atoms with Crippen molar-refractivity contribution in [3.05, 3.63) is 29.8 Å². The fourth-order valence-corrected chi connectivity index (χ4v) is 4.30. The fourth-order valence-electron chi connectivity index (χ4n) is 4.30. The van der Waals surface area contributed by atoms with Gasteiger partial charge >= 0.3 is 0 Å². The Morgan fingerprint density at radius 3 is 2.88 bits per heavy atom. The number of imidazole rings is 1. The second-order valence-electron chi connectivity index (χ2n) is 7.48. The molecule has 1 atom stereocenters. The number of benzene rings is 1. The number of halogens is 1. The van der Waals surface area contributed by atoms with Gasteiger partial charge in [-0.2, -0.15) is 0 Å². The minimum Gasteiger partial charge on any atom is -0.390 e. The summed E-state index contributed by atoms with van der Waals surface area (Å²) in [4.78, 5) is 12.6. The number of hydrogen-bond donors (Lipinski definition) is 2. The summed E-state index contributed by atoms with van der Waals surface area (Å²) < 4.78 is 13.3. The van der Waals surface area contributed by atoms with Crippen molar-refractivity contribution in [1.82, 2.24) is 19.8 Å². The third-order valence-electron chi connectivity index (χ3n) is 5.62. The summed E-state index contributed by atoms with van der Waals surface area (Å²) in [5.74, 6) is 0.636. The molecule has 4 rings (SSSR count). The molecule has 1 aliphatic heterocycles. The van der Waals surface area contributed by atoms with Gasteiger partial charge in [0.2, 0.25) is 0 Å². The van der Waals surface area contributed by atoms with Crippen LogP contribution in [0.4, 0.5) is 4.39 Å². The molecule has 0 spiro atoms. The number of H-pyrrole nitrogens is 1. The predicted molar refractivity (Wildman–Crippen MR) is 96.0 cm³/mol. The monoisotopic (exact) mass is 346 g/mol. The van der Waals surface area contributed by atoms with E-state index in [9.17, 15) is 9.50 Å². The Bertz CT molecular complexity index is 713. The summed E-state index contributed by atoms with van der Waals surface area (Å²) in [6.07, 6.45) is 5.71. The number of hydrogen-bond acceptors (Lipinski definition) is 4. The average molecular weight is 346 g/mol. The van der Waals surface area contributed by atoms with Gasteiger partial charge in [0, 0.05) is 45.2 Å². The molecule has 1 aromatic carbocycles. The largest absolute Gasteiger partial charge is 0.390 e. The second kappa shape index (κ2) is 7.40. The molecule has 1 aromatic heterocycles. The van der Waals surface area contributed by atoms with Crippen LogP contribution in [0.5, 0.6) is 0 Å². The first kappa shape index (κ1) is 16.9. The van der Waals surface area contributed by atoms with Crippen LogP contribution in [-0.4, -0.2) is 69.7 Å². The van der Waals surface area contributed by atoms with E-state index in [2.05, 4.69) is 19.8 Å². The Morgan fingerprint density at radius 2 is 2.04 bits per heavy atom. The zero-order valence-corrected chi connectivity index (χ0v) is 14.6. The van der Waals surface area contributed by atoms with E-state index < -0.39 is 0 Å². The Labute approximate surface area is 147 Å². The van der Waals surface area contributed by atoms with Crippen LogP contribution in [0, 0.1) is 5.82 Å². The van der Waals surface area contributed by atoms with Crippen molar-refractivity contribution in [2.24, 2.45) is 0 Å². The van der Waals surface area contributed by atoms with Crippen molar-refractivity contribution in [1.29, 1.82) is 0 Å². The molecule has 0 bridgehead atoms. The van der Waals surface area contributed by atoms with E-state index >= 15 is 0 Å². The number of fused-ring (bicyclic) bond motifs is 1. The van der Waals surface area contributed by atoms with Crippen LogP contribution in [0.15, 0.2) is 18.2 Å². The molecule has 0 radical (unpaired) electrons. The standard InChI is InChI=1S/C19H27FN4O/c20-14-5-6-17-18(11-14)22-19(21-17)7-8-23-9-10-24(13-16(25)12-23)15-3-1-2-4-15/h5-6,11,15-16,25H,1-4,7-10,12-13H2,(H,21,22). The fraction of sp³-hybridized carbons (Fsp3) is 0.632. The molecule has 25 heavy (non-hydrogen) atoms. The van der Waals surface area contributed by atoms with Gasteiger partial charge in [-0.15, -0.1) is 0 Å². The van der Waals surface area contributed by atoms with Crippen molar-refractivity contribution in [3.63, 3.8) is 0 Å². The molecule has 6 heteroatoms. The van der Waals surface area contributed by atoms with Gasteiger partial charge in [0.05, 0.1) is 17.1 Å². The molecule has 2 N–H and O–H groups in total. The Morgan fingerprint density at radius 1 is 1.20 bits per heavy atom. The van der Waals surface area contributed by atoms with E-state index in [0.29, 0.717) is 6.04 Å². The number of rotatable bonds is 4. The number of aliphatic hydroxyl groups is 1. The maximum Gasteiger partial charge on any atom is 0.125 e. The molecule has 2 aromatic rings. The minimum absolute atomic E-state index is 0.245. The number of β-amino-alcohol motifs (C(OH)–C–C–N with tert-alkyl or cyclic N) is 1. The van der Waals surface area contributed by atoms with Crippen LogP contribution < -0.4 is 0 Å². The Balaban J connectivity index is 1.35. The van der Waals surface area contributed by atoms with Crippen LogP contribution in [-0.2, 0) is 6.42 Å². The van der Waals surface area contributed by atoms with Crippen LogP contribution in [0.2, 0.25) is 0 Å². The molecule has 5 nitrogen and oxygen atoms in total. The summed E-state index contributed by atoms with van der Waals surface area (Å²) in [6.45, 7) is 4.40. The van der Waals surface area contributed by atoms with Crippen LogP contribution in [0.25, 0.3) is 11.0 Å². The lowest BCUT2D eigenvalue weighted by atomic mass is 10.2. The van der Waals surface area contributed by atoms with E-state index in [1.165, 1.54) is 37.8 Å². The SMILES string of the molecule is OC1CN(CCc2nc3ccc(F)cc3[nH]2)CCN(C2CCCC2)C1. The van der Waals surface area contributed by atoms with Gasteiger partial charge in [-0.3, -0.25) is 9.80 Å². The topological polar surface area (TPSA) is 55.4 Å². The lowest BCUT2D eigenvalue weighted by Crippen LogP contribution is -2.39. The first-order valence-corrected chi connectivity index (χ1v) is 9.46. The zero-order valence-electron chi connectivity index (χ0n) is 14.6. The molecular formula is C19H27FN4O. The van der Waals surface area contributed by atoms with Crippen molar-refractivity contribution < 1.29 is 9.50 Å². The van der Waals surface area contributed by atoms with E-state index in [1.807, 2.05) is 0 Å². The molecule has 1 saturated heterocycles. The zero-order chi connectivity index (χ0) is 17.2. The number of aromatic nitrogens is 2. The highest BCUT2D eigenvalue weighted by atomic mass is 19.1. The lowest BCUT2D eigenvalue weighted by molar-refractivity contribution is 0.0953. The number of aromatic amines is 1. The maximum atomic E-state index is 13.3. The molecule has 136 valence electrons. The number of aliphatic hydroxyl groups excluding tert-OH is 1. The van der Waals surface area contributed by atoms with Gasteiger partial charge in [0.15, 0.2) is 0 Å². The summed E-state index contributed by atoms with van der Waals surface area (Å²) in [7, 11) is 0. The Kier molecular flexibility index (Phi) is 5.01. The first-order chi connectivity index (χ1) is 12.2. The average Bonchev–Trinajstić information content (AvgIpc) is 3.21. The maximum absolute atomic E-state index is 13.3. The summed E-state index contributed by atoms with van der Waals surface area (Å²) in [6, 6.07) is 5.30. The Hall–Kier alpha value is -1.50. The van der Waals surface area contributed by atoms with Gasteiger partial charge < -0.3 is 10.1 Å². The van der Waals surface area contributed by atoms with Crippen LogP contribution in [0.1, 0.15) is 31.5 Å². The smallest absolute Gasteiger partial charge is 0.125 e. The highest BCUT2D eigenvalue weighted by molar-refractivity contribution is 5.74. The molecular weight excluding hydrogens is 319 g/mol. The quantitative estimate of drug-likeness (QED) is 0.891. The van der Waals surface area contributed by atoms with Gasteiger partial charge in [-0.25, -0.2) is 9.37 Å². The third kappa shape index (κ3) is 4.02. The second-order valence-corrected chi connectivity index (χ2v) is 7.48. The molecule has 2 heterocycles. The summed E-state index contributed by atoms with van der Waals surface area (Å²) in [5.41, 5.74) is 1.55. The van der Waals surface area contributed by atoms with Gasteiger partial charge in [-0.1, -0.05) is 12.8 Å². The first-order valence-electron chi connectivity index (χ1n) is 9.46.